The van der Waals surface area contributed by atoms with Crippen LogP contribution in [0.4, 0.5) is 10.1 Å². The summed E-state index contributed by atoms with van der Waals surface area (Å²) in [6, 6.07) is 2.96. The quantitative estimate of drug-likeness (QED) is 0.693. The SMILES string of the molecule is Cc1cc(F)cc(C)c1N1CCCC1=O. The Hall–Kier alpha value is -1.38. The summed E-state index contributed by atoms with van der Waals surface area (Å²) in [5, 5.41) is 0. The lowest BCUT2D eigenvalue weighted by molar-refractivity contribution is -0.117. The molecule has 0 unspecified atom stereocenters. The number of anilines is 1. The number of nitrogens with zero attached hydrogens (tertiary/aromatic N) is 1. The zero-order valence-corrected chi connectivity index (χ0v) is 9.01. The molecule has 0 N–H and O–H groups in total. The Morgan fingerprint density at radius 1 is 1.27 bits per heavy atom. The monoisotopic (exact) mass is 207 g/mol. The molecule has 0 aromatic heterocycles. The van der Waals surface area contributed by atoms with Crippen molar-refractivity contribution in [3.05, 3.63) is 29.1 Å². The average molecular weight is 207 g/mol. The Balaban J connectivity index is 2.47. The van der Waals surface area contributed by atoms with Gasteiger partial charge in [0.25, 0.3) is 0 Å². The van der Waals surface area contributed by atoms with Crippen molar-refractivity contribution in [1.29, 1.82) is 0 Å². The van der Waals surface area contributed by atoms with E-state index in [4.69, 9.17) is 0 Å². The Kier molecular flexibility index (Phi) is 2.47. The largest absolute Gasteiger partial charge is 0.312 e. The van der Waals surface area contributed by atoms with Gasteiger partial charge in [-0.05, 0) is 43.5 Å². The molecule has 80 valence electrons. The lowest BCUT2D eigenvalue weighted by atomic mass is 10.1. The molecule has 0 saturated carbocycles. The third-order valence-electron chi connectivity index (χ3n) is 2.80. The number of aryl methyl sites for hydroxylation is 2. The van der Waals surface area contributed by atoms with E-state index in [-0.39, 0.29) is 11.7 Å². The minimum absolute atomic E-state index is 0.146. The van der Waals surface area contributed by atoms with Crippen LogP contribution in [0, 0.1) is 19.7 Å². The molecule has 1 aromatic rings. The predicted molar refractivity (Wildman–Crippen MR) is 57.5 cm³/mol. The average Bonchev–Trinajstić information content (AvgIpc) is 2.50. The molecule has 1 aliphatic rings. The van der Waals surface area contributed by atoms with Crippen molar-refractivity contribution in [3.63, 3.8) is 0 Å². The van der Waals surface area contributed by atoms with Crippen molar-refractivity contribution < 1.29 is 9.18 Å². The Morgan fingerprint density at radius 2 is 1.87 bits per heavy atom. The molecule has 0 radical (unpaired) electrons. The summed E-state index contributed by atoms with van der Waals surface area (Å²) in [6.07, 6.45) is 1.51. The van der Waals surface area contributed by atoms with Gasteiger partial charge in [-0.1, -0.05) is 0 Å². The summed E-state index contributed by atoms with van der Waals surface area (Å²) in [5.41, 5.74) is 2.56. The van der Waals surface area contributed by atoms with Gasteiger partial charge in [-0.2, -0.15) is 0 Å². The molecule has 15 heavy (non-hydrogen) atoms. The van der Waals surface area contributed by atoms with Gasteiger partial charge in [-0.25, -0.2) is 4.39 Å². The zero-order chi connectivity index (χ0) is 11.0. The lowest BCUT2D eigenvalue weighted by Gasteiger charge is -2.20. The van der Waals surface area contributed by atoms with E-state index in [0.29, 0.717) is 6.42 Å². The number of amides is 1. The van der Waals surface area contributed by atoms with E-state index in [1.54, 1.807) is 4.90 Å². The van der Waals surface area contributed by atoms with E-state index in [2.05, 4.69) is 0 Å². The number of carbonyl (C=O) groups is 1. The maximum Gasteiger partial charge on any atom is 0.227 e. The fourth-order valence-electron chi connectivity index (χ4n) is 2.21. The van der Waals surface area contributed by atoms with Gasteiger partial charge in [-0.15, -0.1) is 0 Å². The van der Waals surface area contributed by atoms with Crippen molar-refractivity contribution in [1.82, 2.24) is 0 Å². The highest BCUT2D eigenvalue weighted by Gasteiger charge is 2.24. The van der Waals surface area contributed by atoms with Gasteiger partial charge < -0.3 is 4.90 Å². The maximum absolute atomic E-state index is 13.1. The lowest BCUT2D eigenvalue weighted by Crippen LogP contribution is -2.25. The zero-order valence-electron chi connectivity index (χ0n) is 9.01. The first-order valence-corrected chi connectivity index (χ1v) is 5.16. The van der Waals surface area contributed by atoms with Crippen molar-refractivity contribution in [2.45, 2.75) is 26.7 Å². The first kappa shape index (κ1) is 10.1. The van der Waals surface area contributed by atoms with E-state index in [9.17, 15) is 9.18 Å². The first-order valence-electron chi connectivity index (χ1n) is 5.16. The van der Waals surface area contributed by atoms with Crippen molar-refractivity contribution in [3.8, 4) is 0 Å². The summed E-state index contributed by atoms with van der Waals surface area (Å²) < 4.78 is 13.1. The van der Waals surface area contributed by atoms with E-state index in [1.165, 1.54) is 12.1 Å². The van der Waals surface area contributed by atoms with Crippen LogP contribution in [0.2, 0.25) is 0 Å². The number of carbonyl (C=O) groups excluding carboxylic acids is 1. The molecule has 0 bridgehead atoms. The molecule has 0 spiro atoms. The molecule has 1 amide bonds. The minimum Gasteiger partial charge on any atom is -0.312 e. The van der Waals surface area contributed by atoms with Gasteiger partial charge in [0.05, 0.1) is 0 Å². The molecular formula is C12H14FNO. The molecule has 1 heterocycles. The van der Waals surface area contributed by atoms with Crippen LogP contribution < -0.4 is 4.90 Å². The minimum atomic E-state index is -0.236. The summed E-state index contributed by atoms with van der Waals surface area (Å²) in [7, 11) is 0. The number of halogens is 1. The van der Waals surface area contributed by atoms with Gasteiger partial charge in [0, 0.05) is 18.7 Å². The van der Waals surface area contributed by atoms with Crippen molar-refractivity contribution in [2.75, 3.05) is 11.4 Å². The molecule has 3 heteroatoms. The molecule has 1 aliphatic heterocycles. The standard InChI is InChI=1S/C12H14FNO/c1-8-6-10(13)7-9(2)12(8)14-5-3-4-11(14)15/h6-7H,3-5H2,1-2H3. The molecule has 1 fully saturated rings. The number of rotatable bonds is 1. The van der Waals surface area contributed by atoms with Crippen LogP contribution in [0.25, 0.3) is 0 Å². The van der Waals surface area contributed by atoms with Crippen molar-refractivity contribution >= 4 is 11.6 Å². The smallest absolute Gasteiger partial charge is 0.227 e. The molecule has 2 nitrogen and oxygen atoms in total. The molecule has 1 aromatic carbocycles. The van der Waals surface area contributed by atoms with Crippen LogP contribution in [0.5, 0.6) is 0 Å². The van der Waals surface area contributed by atoms with Crippen LogP contribution in [-0.2, 0) is 4.79 Å². The second-order valence-corrected chi connectivity index (χ2v) is 4.04. The summed E-state index contributed by atoms with van der Waals surface area (Å²) in [5.74, 6) is -0.0896. The third kappa shape index (κ3) is 1.74. The van der Waals surface area contributed by atoms with E-state index < -0.39 is 0 Å². The van der Waals surface area contributed by atoms with Gasteiger partial charge in [0.2, 0.25) is 5.91 Å². The molecule has 2 rings (SSSR count). The van der Waals surface area contributed by atoms with Crippen LogP contribution in [-0.4, -0.2) is 12.5 Å². The van der Waals surface area contributed by atoms with Crippen LogP contribution in [0.1, 0.15) is 24.0 Å². The number of hydrogen-bond donors (Lipinski definition) is 0. The Morgan fingerprint density at radius 3 is 2.33 bits per heavy atom. The van der Waals surface area contributed by atoms with Gasteiger partial charge in [0.15, 0.2) is 0 Å². The fraction of sp³-hybridized carbons (Fsp3) is 0.417. The summed E-state index contributed by atoms with van der Waals surface area (Å²) in [6.45, 7) is 4.44. The van der Waals surface area contributed by atoms with Crippen LogP contribution >= 0.6 is 0 Å². The van der Waals surface area contributed by atoms with Crippen molar-refractivity contribution in [2.24, 2.45) is 0 Å². The Labute approximate surface area is 88.7 Å². The number of benzene rings is 1. The van der Waals surface area contributed by atoms with Gasteiger partial charge in [-0.3, -0.25) is 4.79 Å². The first-order chi connectivity index (χ1) is 7.09. The normalized spacial score (nSPS) is 16.2. The predicted octanol–water partition coefficient (Wildman–Crippen LogP) is 2.57. The second-order valence-electron chi connectivity index (χ2n) is 4.04. The second kappa shape index (κ2) is 3.65. The van der Waals surface area contributed by atoms with Gasteiger partial charge in [0.1, 0.15) is 5.82 Å². The van der Waals surface area contributed by atoms with Crippen LogP contribution in [0.3, 0.4) is 0 Å². The van der Waals surface area contributed by atoms with E-state index in [0.717, 1.165) is 29.8 Å². The highest BCUT2D eigenvalue weighted by Crippen LogP contribution is 2.29. The Bertz CT molecular complexity index is 391. The number of hydrogen-bond acceptors (Lipinski definition) is 1. The van der Waals surface area contributed by atoms with E-state index in [1.807, 2.05) is 13.8 Å². The highest BCUT2D eigenvalue weighted by atomic mass is 19.1. The van der Waals surface area contributed by atoms with Gasteiger partial charge >= 0.3 is 0 Å². The fourth-order valence-corrected chi connectivity index (χ4v) is 2.21. The molecular weight excluding hydrogens is 193 g/mol. The van der Waals surface area contributed by atoms with Crippen LogP contribution in [0.15, 0.2) is 12.1 Å². The maximum atomic E-state index is 13.1. The topological polar surface area (TPSA) is 20.3 Å². The molecule has 1 saturated heterocycles. The summed E-state index contributed by atoms with van der Waals surface area (Å²) in [4.78, 5) is 13.4. The third-order valence-corrected chi connectivity index (χ3v) is 2.80. The summed E-state index contributed by atoms with van der Waals surface area (Å²) >= 11 is 0. The molecule has 0 atom stereocenters. The van der Waals surface area contributed by atoms with E-state index >= 15 is 0 Å². The molecule has 0 aliphatic carbocycles. The highest BCUT2D eigenvalue weighted by molar-refractivity contribution is 5.96.